The maximum absolute atomic E-state index is 12.6. The molecule has 0 aliphatic carbocycles. The number of anilines is 2. The van der Waals surface area contributed by atoms with Crippen LogP contribution in [0.2, 0.25) is 5.02 Å². The summed E-state index contributed by atoms with van der Waals surface area (Å²) in [5.41, 5.74) is 8.63. The number of aromatic nitrogens is 4. The molecule has 2 aromatic heterocycles. The van der Waals surface area contributed by atoms with Crippen molar-refractivity contribution in [1.82, 2.24) is 19.6 Å². The molecule has 0 spiro atoms. The fourth-order valence-electron chi connectivity index (χ4n) is 3.33. The molecule has 4 rings (SSSR count). The molecule has 0 fully saturated rings. The van der Waals surface area contributed by atoms with E-state index in [0.29, 0.717) is 47.8 Å². The van der Waals surface area contributed by atoms with Crippen molar-refractivity contribution in [2.24, 2.45) is 0 Å². The van der Waals surface area contributed by atoms with Crippen molar-refractivity contribution < 1.29 is 0 Å². The van der Waals surface area contributed by atoms with Gasteiger partial charge in [0, 0.05) is 6.54 Å². The van der Waals surface area contributed by atoms with Crippen molar-refractivity contribution in [1.29, 1.82) is 5.26 Å². The van der Waals surface area contributed by atoms with Gasteiger partial charge in [-0.05, 0) is 37.1 Å². The van der Waals surface area contributed by atoms with Crippen molar-refractivity contribution in [3.63, 3.8) is 0 Å². The Kier molecular flexibility index (Phi) is 6.19. The number of nitrogens with zero attached hydrogens (tertiary/aromatic N) is 5. The maximum atomic E-state index is 12.6. The number of nitrogen functional groups attached to an aromatic ring is 1. The van der Waals surface area contributed by atoms with Crippen LogP contribution in [0.1, 0.15) is 17.7 Å². The van der Waals surface area contributed by atoms with Gasteiger partial charge in [-0.2, -0.15) is 20.1 Å². The SMILES string of the molecule is N#Cc1c(CCCNc2cnn(-c3ccccc3)c(=O)c2Cl)nn(-c2ccccc2)c1N. The summed E-state index contributed by atoms with van der Waals surface area (Å²) in [6, 6.07) is 20.6. The molecule has 4 aromatic rings. The highest BCUT2D eigenvalue weighted by molar-refractivity contribution is 6.32. The van der Waals surface area contributed by atoms with Crippen LogP contribution in [0.3, 0.4) is 0 Å². The third kappa shape index (κ3) is 4.19. The number of hydrogen-bond donors (Lipinski definition) is 2. The Labute approximate surface area is 189 Å². The van der Waals surface area contributed by atoms with Crippen molar-refractivity contribution >= 4 is 23.1 Å². The predicted molar refractivity (Wildman–Crippen MR) is 124 cm³/mol. The topological polar surface area (TPSA) is 115 Å². The number of para-hydroxylation sites is 2. The monoisotopic (exact) mass is 445 g/mol. The highest BCUT2D eigenvalue weighted by Gasteiger charge is 2.16. The second-order valence-electron chi connectivity index (χ2n) is 7.02. The minimum Gasteiger partial charge on any atom is -0.382 e. The molecule has 3 N–H and O–H groups in total. The molecule has 2 heterocycles. The van der Waals surface area contributed by atoms with E-state index < -0.39 is 5.56 Å². The number of nitrogens with two attached hydrogens (primary N) is 1. The summed E-state index contributed by atoms with van der Waals surface area (Å²) in [5.74, 6) is 0.318. The molecular weight excluding hydrogens is 426 g/mol. The van der Waals surface area contributed by atoms with Gasteiger partial charge in [0.1, 0.15) is 22.5 Å². The van der Waals surface area contributed by atoms with Gasteiger partial charge in [0.05, 0.1) is 29.0 Å². The number of rotatable bonds is 7. The van der Waals surface area contributed by atoms with E-state index in [0.717, 1.165) is 5.69 Å². The van der Waals surface area contributed by atoms with Crippen molar-refractivity contribution in [3.8, 4) is 17.4 Å². The van der Waals surface area contributed by atoms with E-state index in [1.54, 1.807) is 16.8 Å². The minimum absolute atomic E-state index is 0.0687. The van der Waals surface area contributed by atoms with Gasteiger partial charge in [0.2, 0.25) is 0 Å². The molecule has 0 atom stereocenters. The lowest BCUT2D eigenvalue weighted by atomic mass is 10.1. The zero-order chi connectivity index (χ0) is 22.5. The second-order valence-corrected chi connectivity index (χ2v) is 7.40. The molecule has 160 valence electrons. The first-order valence-electron chi connectivity index (χ1n) is 10.00. The molecule has 0 saturated carbocycles. The van der Waals surface area contributed by atoms with Gasteiger partial charge in [-0.25, -0.2) is 4.68 Å². The lowest BCUT2D eigenvalue weighted by molar-refractivity contribution is 0.784. The van der Waals surface area contributed by atoms with Gasteiger partial charge >= 0.3 is 0 Å². The van der Waals surface area contributed by atoms with Crippen LogP contribution in [-0.4, -0.2) is 26.1 Å². The molecule has 8 nitrogen and oxygen atoms in total. The van der Waals surface area contributed by atoms with E-state index in [1.165, 1.54) is 10.9 Å². The normalized spacial score (nSPS) is 10.6. The van der Waals surface area contributed by atoms with Gasteiger partial charge < -0.3 is 11.1 Å². The average molecular weight is 446 g/mol. The first-order valence-corrected chi connectivity index (χ1v) is 10.4. The molecule has 0 saturated heterocycles. The third-order valence-corrected chi connectivity index (χ3v) is 5.30. The molecule has 0 aliphatic rings. The predicted octanol–water partition coefficient (Wildman–Crippen LogP) is 3.57. The van der Waals surface area contributed by atoms with Crippen molar-refractivity contribution in [3.05, 3.63) is 93.5 Å². The zero-order valence-electron chi connectivity index (χ0n) is 17.1. The van der Waals surface area contributed by atoms with Crippen LogP contribution in [0.5, 0.6) is 0 Å². The van der Waals surface area contributed by atoms with Crippen molar-refractivity contribution in [2.45, 2.75) is 12.8 Å². The van der Waals surface area contributed by atoms with Crippen LogP contribution in [0.15, 0.2) is 71.7 Å². The van der Waals surface area contributed by atoms with Gasteiger partial charge in [-0.15, -0.1) is 0 Å². The number of nitriles is 1. The number of benzene rings is 2. The lowest BCUT2D eigenvalue weighted by Gasteiger charge is -2.10. The fourth-order valence-corrected chi connectivity index (χ4v) is 3.52. The highest BCUT2D eigenvalue weighted by atomic mass is 35.5. The molecule has 2 aromatic carbocycles. The third-order valence-electron chi connectivity index (χ3n) is 4.93. The summed E-state index contributed by atoms with van der Waals surface area (Å²) in [4.78, 5) is 12.6. The Hall–Kier alpha value is -4.09. The molecule has 9 heteroatoms. The van der Waals surface area contributed by atoms with E-state index in [1.807, 2.05) is 48.5 Å². The second kappa shape index (κ2) is 9.37. The van der Waals surface area contributed by atoms with E-state index in [4.69, 9.17) is 17.3 Å². The number of halogens is 1. The van der Waals surface area contributed by atoms with Crippen LogP contribution in [0, 0.1) is 11.3 Å². The van der Waals surface area contributed by atoms with Crippen LogP contribution in [0.25, 0.3) is 11.4 Å². The number of nitrogens with one attached hydrogen (secondary N) is 1. The van der Waals surface area contributed by atoms with Crippen LogP contribution < -0.4 is 16.6 Å². The lowest BCUT2D eigenvalue weighted by Crippen LogP contribution is -2.22. The summed E-state index contributed by atoms with van der Waals surface area (Å²) in [6.07, 6.45) is 2.71. The van der Waals surface area contributed by atoms with Crippen molar-refractivity contribution in [2.75, 3.05) is 17.6 Å². The molecule has 0 amide bonds. The minimum atomic E-state index is -0.399. The first-order chi connectivity index (χ1) is 15.6. The summed E-state index contributed by atoms with van der Waals surface area (Å²) in [7, 11) is 0. The Bertz CT molecular complexity index is 1320. The van der Waals surface area contributed by atoms with E-state index in [9.17, 15) is 10.1 Å². The standard InChI is InChI=1S/C23H20ClN7O/c24-21-20(15-28-31(23(21)32)17-10-5-2-6-11-17)27-13-7-12-19-18(14-25)22(26)30(29-19)16-8-3-1-4-9-16/h1-6,8-11,15,27H,7,12-13,26H2. The summed E-state index contributed by atoms with van der Waals surface area (Å²) < 4.78 is 2.83. The summed E-state index contributed by atoms with van der Waals surface area (Å²) >= 11 is 6.27. The smallest absolute Gasteiger partial charge is 0.292 e. The zero-order valence-corrected chi connectivity index (χ0v) is 17.8. The molecule has 0 bridgehead atoms. The Balaban J connectivity index is 1.44. The summed E-state index contributed by atoms with van der Waals surface area (Å²) in [6.45, 7) is 0.513. The molecule has 0 aliphatic heterocycles. The van der Waals surface area contributed by atoms with Crippen LogP contribution in [0.4, 0.5) is 11.5 Å². The van der Waals surface area contributed by atoms with E-state index in [-0.39, 0.29) is 5.02 Å². The van der Waals surface area contributed by atoms with E-state index in [2.05, 4.69) is 21.6 Å². The summed E-state index contributed by atoms with van der Waals surface area (Å²) in [5, 5.41) is 21.5. The Morgan fingerprint density at radius 2 is 1.66 bits per heavy atom. The van der Waals surface area contributed by atoms with Gasteiger partial charge in [-0.3, -0.25) is 4.79 Å². The van der Waals surface area contributed by atoms with Crippen LogP contribution >= 0.6 is 11.6 Å². The average Bonchev–Trinajstić information content (AvgIpc) is 3.15. The Morgan fingerprint density at radius 1 is 1.03 bits per heavy atom. The molecule has 0 radical (unpaired) electrons. The molecular formula is C23H20ClN7O. The number of aryl methyl sites for hydroxylation is 1. The van der Waals surface area contributed by atoms with Crippen LogP contribution in [-0.2, 0) is 6.42 Å². The Morgan fingerprint density at radius 3 is 2.28 bits per heavy atom. The van der Waals surface area contributed by atoms with Gasteiger partial charge in [0.15, 0.2) is 0 Å². The maximum Gasteiger partial charge on any atom is 0.292 e. The fraction of sp³-hybridized carbons (Fsp3) is 0.130. The quantitative estimate of drug-likeness (QED) is 0.420. The first kappa shape index (κ1) is 21.2. The van der Waals surface area contributed by atoms with E-state index >= 15 is 0 Å². The van der Waals surface area contributed by atoms with Gasteiger partial charge in [-0.1, -0.05) is 48.0 Å². The molecule has 32 heavy (non-hydrogen) atoms. The number of hydrogen-bond acceptors (Lipinski definition) is 6. The molecule has 0 unspecified atom stereocenters. The largest absolute Gasteiger partial charge is 0.382 e. The highest BCUT2D eigenvalue weighted by Crippen LogP contribution is 2.22. The van der Waals surface area contributed by atoms with Gasteiger partial charge in [0.25, 0.3) is 5.56 Å².